The summed E-state index contributed by atoms with van der Waals surface area (Å²) < 4.78 is 3.76. The van der Waals surface area contributed by atoms with Gasteiger partial charge in [0.25, 0.3) is 5.91 Å². The van der Waals surface area contributed by atoms with Gasteiger partial charge in [0.15, 0.2) is 5.82 Å². The monoisotopic (exact) mass is 400 g/mol. The molecule has 7 nitrogen and oxygen atoms in total. The van der Waals surface area contributed by atoms with E-state index in [-0.39, 0.29) is 6.04 Å². The summed E-state index contributed by atoms with van der Waals surface area (Å²) in [6, 6.07) is 15.8. The Balaban J connectivity index is 1.91. The van der Waals surface area contributed by atoms with Crippen molar-refractivity contribution in [2.24, 2.45) is 5.73 Å². The number of aromatic nitrogens is 5. The number of carbonyl (C=O) groups excluding carboxylic acids is 1. The third kappa shape index (κ3) is 3.50. The number of hydrogen-bond acceptors (Lipinski definition) is 4. The van der Waals surface area contributed by atoms with Crippen molar-refractivity contribution >= 4 is 5.91 Å². The second kappa shape index (κ2) is 7.59. The molecule has 30 heavy (non-hydrogen) atoms. The van der Waals surface area contributed by atoms with Crippen LogP contribution in [0, 0.1) is 13.8 Å². The lowest BCUT2D eigenvalue weighted by molar-refractivity contribution is 0.0994. The van der Waals surface area contributed by atoms with Crippen molar-refractivity contribution in [2.75, 3.05) is 0 Å². The number of carbonyl (C=O) groups is 1. The van der Waals surface area contributed by atoms with Crippen molar-refractivity contribution < 1.29 is 4.79 Å². The van der Waals surface area contributed by atoms with Gasteiger partial charge in [-0.1, -0.05) is 23.3 Å². The van der Waals surface area contributed by atoms with E-state index >= 15 is 0 Å². The third-order valence-corrected chi connectivity index (χ3v) is 4.97. The molecule has 152 valence electrons. The number of benzene rings is 1. The summed E-state index contributed by atoms with van der Waals surface area (Å²) in [5, 5.41) is 8.28. The molecule has 4 rings (SSSR count). The molecule has 0 bridgehead atoms. The Kier molecular flexibility index (Phi) is 4.95. The van der Waals surface area contributed by atoms with Crippen LogP contribution in [0.2, 0.25) is 0 Å². The zero-order valence-corrected chi connectivity index (χ0v) is 17.5. The zero-order valence-electron chi connectivity index (χ0n) is 17.5. The quantitative estimate of drug-likeness (QED) is 0.546. The minimum Gasteiger partial charge on any atom is -0.364 e. The normalized spacial score (nSPS) is 11.2. The SMILES string of the molecule is Cc1cc(C)cc(-c2ccc(C(N)=O)n2-c2cccc(-c3nncn3C(C)C)n2)c1. The average molecular weight is 400 g/mol. The van der Waals surface area contributed by atoms with Gasteiger partial charge < -0.3 is 10.3 Å². The van der Waals surface area contributed by atoms with Gasteiger partial charge in [0.05, 0.1) is 5.69 Å². The van der Waals surface area contributed by atoms with Gasteiger partial charge in [-0.2, -0.15) is 0 Å². The first-order chi connectivity index (χ1) is 14.3. The van der Waals surface area contributed by atoms with E-state index in [0.29, 0.717) is 23.0 Å². The molecule has 1 aromatic carbocycles. The van der Waals surface area contributed by atoms with Gasteiger partial charge in [0, 0.05) is 6.04 Å². The lowest BCUT2D eigenvalue weighted by atomic mass is 10.1. The van der Waals surface area contributed by atoms with E-state index in [9.17, 15) is 4.79 Å². The first-order valence-electron chi connectivity index (χ1n) is 9.82. The second-order valence-corrected chi connectivity index (χ2v) is 7.72. The lowest BCUT2D eigenvalue weighted by Crippen LogP contribution is -2.17. The van der Waals surface area contributed by atoms with Crippen LogP contribution in [0.3, 0.4) is 0 Å². The fraction of sp³-hybridized carbons (Fsp3) is 0.217. The van der Waals surface area contributed by atoms with Gasteiger partial charge >= 0.3 is 0 Å². The van der Waals surface area contributed by atoms with Crippen LogP contribution < -0.4 is 5.73 Å². The first kappa shape index (κ1) is 19.6. The predicted molar refractivity (Wildman–Crippen MR) is 116 cm³/mol. The molecule has 0 radical (unpaired) electrons. The molecule has 0 aliphatic rings. The van der Waals surface area contributed by atoms with Gasteiger partial charge in [0.2, 0.25) is 0 Å². The van der Waals surface area contributed by atoms with Crippen LogP contribution in [0.15, 0.2) is 54.9 Å². The number of nitrogens with two attached hydrogens (primary N) is 1. The van der Waals surface area contributed by atoms with E-state index in [1.54, 1.807) is 17.0 Å². The highest BCUT2D eigenvalue weighted by atomic mass is 16.1. The van der Waals surface area contributed by atoms with Crippen molar-refractivity contribution in [3.63, 3.8) is 0 Å². The van der Waals surface area contributed by atoms with E-state index in [2.05, 4.69) is 56.1 Å². The van der Waals surface area contributed by atoms with Crippen molar-refractivity contribution in [1.82, 2.24) is 24.3 Å². The molecular formula is C23H24N6O. The van der Waals surface area contributed by atoms with E-state index in [1.807, 2.05) is 28.8 Å². The minimum atomic E-state index is -0.511. The van der Waals surface area contributed by atoms with E-state index in [4.69, 9.17) is 10.7 Å². The molecule has 7 heteroatoms. The summed E-state index contributed by atoms with van der Waals surface area (Å²) in [5.74, 6) is 0.759. The van der Waals surface area contributed by atoms with Crippen LogP contribution in [-0.4, -0.2) is 30.2 Å². The van der Waals surface area contributed by atoms with Crippen molar-refractivity contribution in [3.05, 3.63) is 71.7 Å². The van der Waals surface area contributed by atoms with E-state index in [1.165, 1.54) is 0 Å². The van der Waals surface area contributed by atoms with Crippen molar-refractivity contribution in [1.29, 1.82) is 0 Å². The lowest BCUT2D eigenvalue weighted by Gasteiger charge is -2.14. The van der Waals surface area contributed by atoms with Crippen LogP contribution in [0.1, 0.15) is 41.5 Å². The van der Waals surface area contributed by atoms with Gasteiger partial charge in [-0.15, -0.1) is 10.2 Å². The van der Waals surface area contributed by atoms with Crippen LogP contribution in [-0.2, 0) is 0 Å². The number of primary amides is 1. The molecular weight excluding hydrogens is 376 g/mol. The fourth-order valence-electron chi connectivity index (χ4n) is 3.70. The number of hydrogen-bond donors (Lipinski definition) is 1. The summed E-state index contributed by atoms with van der Waals surface area (Å²) in [6.45, 7) is 8.23. The Morgan fingerprint density at radius 2 is 1.77 bits per heavy atom. The first-order valence-corrected chi connectivity index (χ1v) is 9.82. The van der Waals surface area contributed by atoms with Gasteiger partial charge in [-0.25, -0.2) is 4.98 Å². The van der Waals surface area contributed by atoms with E-state index < -0.39 is 5.91 Å². The molecule has 1 amide bonds. The maximum atomic E-state index is 12.2. The van der Waals surface area contributed by atoms with Gasteiger partial charge in [0.1, 0.15) is 23.5 Å². The number of amides is 1. The molecule has 0 saturated heterocycles. The average Bonchev–Trinajstić information content (AvgIpc) is 3.35. The van der Waals surface area contributed by atoms with Gasteiger partial charge in [-0.05, 0) is 69.7 Å². The smallest absolute Gasteiger partial charge is 0.265 e. The maximum Gasteiger partial charge on any atom is 0.265 e. The summed E-state index contributed by atoms with van der Waals surface area (Å²) in [6.07, 6.45) is 1.69. The Hall–Kier alpha value is -3.74. The molecule has 3 heterocycles. The standard InChI is InChI=1S/C23H24N6O/c1-14(2)28-13-25-27-23(28)18-6-5-7-21(26-18)29-19(8-9-20(29)22(24)30)17-11-15(3)10-16(4)12-17/h5-14H,1-4H3,(H2,24,30). The summed E-state index contributed by atoms with van der Waals surface area (Å²) in [7, 11) is 0. The number of rotatable bonds is 5. The number of aryl methyl sites for hydroxylation is 2. The Morgan fingerprint density at radius 3 is 2.43 bits per heavy atom. The fourth-order valence-corrected chi connectivity index (χ4v) is 3.70. The molecule has 0 fully saturated rings. The largest absolute Gasteiger partial charge is 0.364 e. The second-order valence-electron chi connectivity index (χ2n) is 7.72. The van der Waals surface area contributed by atoms with Crippen molar-refractivity contribution in [2.45, 2.75) is 33.7 Å². The maximum absolute atomic E-state index is 12.2. The Bertz CT molecular complexity index is 1210. The topological polar surface area (TPSA) is 91.6 Å². The molecule has 0 aliphatic carbocycles. The van der Waals surface area contributed by atoms with Crippen LogP contribution in [0.25, 0.3) is 28.6 Å². The number of nitrogens with zero attached hydrogens (tertiary/aromatic N) is 5. The van der Waals surface area contributed by atoms with Crippen LogP contribution in [0.4, 0.5) is 0 Å². The summed E-state index contributed by atoms with van der Waals surface area (Å²) in [5.41, 5.74) is 10.9. The predicted octanol–water partition coefficient (Wildman–Crippen LogP) is 4.09. The van der Waals surface area contributed by atoms with E-state index in [0.717, 1.165) is 22.4 Å². The Labute approximate surface area is 175 Å². The molecule has 0 atom stereocenters. The summed E-state index contributed by atoms with van der Waals surface area (Å²) in [4.78, 5) is 17.0. The van der Waals surface area contributed by atoms with Crippen LogP contribution >= 0.6 is 0 Å². The molecule has 0 spiro atoms. The highest BCUT2D eigenvalue weighted by molar-refractivity contribution is 5.93. The molecule has 4 aromatic rings. The van der Waals surface area contributed by atoms with Gasteiger partial charge in [-0.3, -0.25) is 9.36 Å². The molecule has 2 N–H and O–H groups in total. The van der Waals surface area contributed by atoms with Crippen LogP contribution in [0.5, 0.6) is 0 Å². The summed E-state index contributed by atoms with van der Waals surface area (Å²) >= 11 is 0. The molecule has 0 aliphatic heterocycles. The van der Waals surface area contributed by atoms with Crippen molar-refractivity contribution in [3.8, 4) is 28.6 Å². The number of pyridine rings is 1. The molecule has 0 saturated carbocycles. The highest BCUT2D eigenvalue weighted by Gasteiger charge is 2.18. The zero-order chi connectivity index (χ0) is 21.4. The molecule has 3 aromatic heterocycles. The Morgan fingerprint density at radius 1 is 1.03 bits per heavy atom. The minimum absolute atomic E-state index is 0.194. The third-order valence-electron chi connectivity index (χ3n) is 4.97. The molecule has 0 unspecified atom stereocenters. The highest BCUT2D eigenvalue weighted by Crippen LogP contribution is 2.29.